The Morgan fingerprint density at radius 1 is 0.750 bits per heavy atom. The molecule has 2 nitrogen and oxygen atoms in total. The fraction of sp³-hybridized carbons (Fsp3) is 0.818. The van der Waals surface area contributed by atoms with Crippen molar-refractivity contribution < 1.29 is 10.2 Å². The predicted octanol–water partition coefficient (Wildman–Crippen LogP) is 5.50. The maximum absolute atomic E-state index is 11.9. The highest BCUT2D eigenvalue weighted by Crippen LogP contribution is 2.55. The van der Waals surface area contributed by atoms with Gasteiger partial charge in [-0.05, 0) is 44.5 Å². The average molecular weight is 337 g/mol. The molecule has 2 atom stereocenters. The molecule has 0 saturated heterocycles. The second-order valence-corrected chi connectivity index (χ2v) is 11.6. The molecule has 1 rings (SSSR count). The van der Waals surface area contributed by atoms with E-state index in [1.165, 1.54) is 0 Å². The van der Waals surface area contributed by atoms with Gasteiger partial charge in [0.25, 0.3) is 0 Å². The third kappa shape index (κ3) is 3.65. The lowest BCUT2D eigenvalue weighted by atomic mass is 9.55. The molecule has 0 aromatic carbocycles. The summed E-state index contributed by atoms with van der Waals surface area (Å²) in [6.45, 7) is 25.3. The lowest BCUT2D eigenvalue weighted by Crippen LogP contribution is -2.53. The first-order chi connectivity index (χ1) is 10.2. The van der Waals surface area contributed by atoms with E-state index >= 15 is 0 Å². The fourth-order valence-corrected chi connectivity index (χ4v) is 3.85. The lowest BCUT2D eigenvalue weighted by Gasteiger charge is -2.53. The molecule has 0 spiro atoms. The van der Waals surface area contributed by atoms with Crippen LogP contribution in [-0.2, 0) is 0 Å². The molecule has 0 fully saturated rings. The van der Waals surface area contributed by atoms with Crippen LogP contribution in [0.15, 0.2) is 22.8 Å². The summed E-state index contributed by atoms with van der Waals surface area (Å²) in [4.78, 5) is 0. The molecular weight excluding hydrogens is 296 g/mol. The van der Waals surface area contributed by atoms with E-state index in [0.717, 1.165) is 16.7 Å². The molecule has 0 saturated carbocycles. The van der Waals surface area contributed by atoms with Gasteiger partial charge in [0.2, 0.25) is 0 Å². The van der Waals surface area contributed by atoms with Crippen LogP contribution in [0.3, 0.4) is 0 Å². The zero-order valence-electron chi connectivity index (χ0n) is 18.0. The SMILES string of the molecule is CC(C)(C)C1=CC(O)(C(C)(C)C)C(C(C)(C)C)=C(C(C)(C)C)C1O. The summed E-state index contributed by atoms with van der Waals surface area (Å²) in [5, 5.41) is 23.2. The summed E-state index contributed by atoms with van der Waals surface area (Å²) in [5.41, 5.74) is 0.711. The van der Waals surface area contributed by atoms with Gasteiger partial charge in [0, 0.05) is 0 Å². The van der Waals surface area contributed by atoms with Crippen molar-refractivity contribution in [3.63, 3.8) is 0 Å². The molecule has 0 heterocycles. The van der Waals surface area contributed by atoms with E-state index in [2.05, 4.69) is 83.1 Å². The average Bonchev–Trinajstić information content (AvgIpc) is 2.25. The highest BCUT2D eigenvalue weighted by atomic mass is 16.3. The van der Waals surface area contributed by atoms with Crippen LogP contribution in [0.5, 0.6) is 0 Å². The Morgan fingerprint density at radius 3 is 1.42 bits per heavy atom. The van der Waals surface area contributed by atoms with Crippen LogP contribution in [0.4, 0.5) is 0 Å². The highest BCUT2D eigenvalue weighted by Gasteiger charge is 2.53. The van der Waals surface area contributed by atoms with E-state index in [-0.39, 0.29) is 21.7 Å². The van der Waals surface area contributed by atoms with Gasteiger partial charge in [-0.2, -0.15) is 0 Å². The summed E-state index contributed by atoms with van der Waals surface area (Å²) in [6, 6.07) is 0. The van der Waals surface area contributed by atoms with Crippen molar-refractivity contribution >= 4 is 0 Å². The minimum Gasteiger partial charge on any atom is -0.384 e. The fourth-order valence-electron chi connectivity index (χ4n) is 3.85. The van der Waals surface area contributed by atoms with Crippen LogP contribution in [0.2, 0.25) is 0 Å². The van der Waals surface area contributed by atoms with E-state index in [4.69, 9.17) is 0 Å². The molecule has 1 aliphatic carbocycles. The van der Waals surface area contributed by atoms with E-state index in [1.54, 1.807) is 0 Å². The monoisotopic (exact) mass is 336 g/mol. The Kier molecular flexibility index (Phi) is 5.10. The van der Waals surface area contributed by atoms with Gasteiger partial charge in [0.1, 0.15) is 5.60 Å². The summed E-state index contributed by atoms with van der Waals surface area (Å²) < 4.78 is 0. The Bertz CT molecular complexity index is 551. The van der Waals surface area contributed by atoms with Gasteiger partial charge in [0.05, 0.1) is 6.10 Å². The van der Waals surface area contributed by atoms with Crippen molar-refractivity contribution in [3.05, 3.63) is 22.8 Å². The molecule has 2 N–H and O–H groups in total. The van der Waals surface area contributed by atoms with Crippen LogP contribution < -0.4 is 0 Å². The highest BCUT2D eigenvalue weighted by molar-refractivity contribution is 5.50. The lowest BCUT2D eigenvalue weighted by molar-refractivity contribution is -0.00767. The van der Waals surface area contributed by atoms with Gasteiger partial charge in [-0.15, -0.1) is 0 Å². The molecule has 0 amide bonds. The predicted molar refractivity (Wildman–Crippen MR) is 104 cm³/mol. The molecule has 0 aliphatic heterocycles. The first-order valence-electron chi connectivity index (χ1n) is 9.14. The van der Waals surface area contributed by atoms with Crippen molar-refractivity contribution in [1.29, 1.82) is 0 Å². The maximum Gasteiger partial charge on any atom is 0.110 e. The number of rotatable bonds is 0. The summed E-state index contributed by atoms with van der Waals surface area (Å²) >= 11 is 0. The molecule has 0 aromatic rings. The quantitative estimate of drug-likeness (QED) is 0.573. The van der Waals surface area contributed by atoms with Crippen molar-refractivity contribution in [2.24, 2.45) is 21.7 Å². The second-order valence-electron chi connectivity index (χ2n) is 11.6. The normalized spacial score (nSPS) is 27.4. The van der Waals surface area contributed by atoms with Crippen LogP contribution in [0, 0.1) is 21.7 Å². The first-order valence-corrected chi connectivity index (χ1v) is 9.14. The third-order valence-electron chi connectivity index (χ3n) is 5.15. The summed E-state index contributed by atoms with van der Waals surface area (Å²) in [6.07, 6.45) is 1.30. The summed E-state index contributed by atoms with van der Waals surface area (Å²) in [7, 11) is 0. The maximum atomic E-state index is 11.9. The number of aliphatic hydroxyl groups is 2. The van der Waals surface area contributed by atoms with E-state index in [9.17, 15) is 10.2 Å². The standard InChI is InChI=1S/C22H40O2/c1-18(2,3)14-13-22(24,21(10,11)12)17(20(7,8)9)15(16(14)23)19(4,5)6/h13,16,23-24H,1-12H3. The van der Waals surface area contributed by atoms with Crippen LogP contribution in [0.1, 0.15) is 83.1 Å². The molecule has 140 valence electrons. The van der Waals surface area contributed by atoms with Gasteiger partial charge < -0.3 is 10.2 Å². The molecule has 0 aromatic heterocycles. The minimum absolute atomic E-state index is 0.210. The van der Waals surface area contributed by atoms with E-state index < -0.39 is 11.7 Å². The van der Waals surface area contributed by atoms with Crippen molar-refractivity contribution in [3.8, 4) is 0 Å². The Labute approximate surface area is 150 Å². The van der Waals surface area contributed by atoms with Gasteiger partial charge in [-0.25, -0.2) is 0 Å². The van der Waals surface area contributed by atoms with Crippen LogP contribution in [-0.4, -0.2) is 21.9 Å². The molecule has 2 heteroatoms. The minimum atomic E-state index is -1.09. The first kappa shape index (κ1) is 21.4. The largest absolute Gasteiger partial charge is 0.384 e. The molecular formula is C22H40O2. The number of hydrogen-bond acceptors (Lipinski definition) is 2. The molecule has 2 unspecified atom stereocenters. The molecule has 0 bridgehead atoms. The smallest absolute Gasteiger partial charge is 0.110 e. The zero-order valence-corrected chi connectivity index (χ0v) is 18.0. The van der Waals surface area contributed by atoms with Gasteiger partial charge in [-0.1, -0.05) is 83.1 Å². The topological polar surface area (TPSA) is 40.5 Å². The van der Waals surface area contributed by atoms with Crippen molar-refractivity contribution in [2.75, 3.05) is 0 Å². The van der Waals surface area contributed by atoms with Crippen LogP contribution in [0.25, 0.3) is 0 Å². The third-order valence-corrected chi connectivity index (χ3v) is 5.15. The number of hydrogen-bond donors (Lipinski definition) is 2. The van der Waals surface area contributed by atoms with Crippen LogP contribution >= 0.6 is 0 Å². The van der Waals surface area contributed by atoms with E-state index in [0.29, 0.717) is 0 Å². The van der Waals surface area contributed by atoms with Crippen molar-refractivity contribution in [1.82, 2.24) is 0 Å². The zero-order chi connectivity index (χ0) is 19.5. The summed E-state index contributed by atoms with van der Waals surface area (Å²) in [5.74, 6) is 0. The molecule has 0 radical (unpaired) electrons. The molecule has 24 heavy (non-hydrogen) atoms. The second kappa shape index (κ2) is 5.71. The van der Waals surface area contributed by atoms with Gasteiger partial charge >= 0.3 is 0 Å². The number of aliphatic hydroxyl groups excluding tert-OH is 1. The Hall–Kier alpha value is -0.600. The Balaban J connectivity index is 3.99. The van der Waals surface area contributed by atoms with Gasteiger partial charge in [-0.3, -0.25) is 0 Å². The molecule has 1 aliphatic rings. The van der Waals surface area contributed by atoms with Crippen molar-refractivity contribution in [2.45, 2.75) is 94.8 Å². The van der Waals surface area contributed by atoms with E-state index in [1.807, 2.05) is 6.08 Å². The Morgan fingerprint density at radius 2 is 1.17 bits per heavy atom. The van der Waals surface area contributed by atoms with Gasteiger partial charge in [0.15, 0.2) is 0 Å².